The highest BCUT2D eigenvalue weighted by atomic mass is 35.5. The molecule has 0 aliphatic carbocycles. The number of carbonyl (C=O) groups is 1. The molecule has 2 aromatic rings. The number of hydrogen-bond acceptors (Lipinski definition) is 2. The van der Waals surface area contributed by atoms with Gasteiger partial charge in [0.2, 0.25) is 0 Å². The summed E-state index contributed by atoms with van der Waals surface area (Å²) in [4.78, 5) is 17.5. The molecule has 0 radical (unpaired) electrons. The summed E-state index contributed by atoms with van der Waals surface area (Å²) in [6.45, 7) is 3.50. The third kappa shape index (κ3) is 4.99. The maximum Gasteiger partial charge on any atom is 0.319 e. The second kappa shape index (κ2) is 9.64. The van der Waals surface area contributed by atoms with Crippen LogP contribution in [0.15, 0.2) is 48.5 Å². The van der Waals surface area contributed by atoms with Crippen LogP contribution in [0.4, 0.5) is 4.79 Å². The molecule has 150 valence electrons. The van der Waals surface area contributed by atoms with Gasteiger partial charge in [-0.2, -0.15) is 0 Å². The van der Waals surface area contributed by atoms with Gasteiger partial charge < -0.3 is 10.2 Å². The summed E-state index contributed by atoms with van der Waals surface area (Å²) in [7, 11) is 2.09. The van der Waals surface area contributed by atoms with E-state index in [1.807, 2.05) is 42.2 Å². The summed E-state index contributed by atoms with van der Waals surface area (Å²) in [5.74, 6) is 0. The number of piperidine rings is 1. The molecule has 0 spiro atoms. The lowest BCUT2D eigenvalue weighted by Crippen LogP contribution is -2.54. The highest BCUT2D eigenvalue weighted by Gasteiger charge is 2.30. The zero-order valence-corrected chi connectivity index (χ0v) is 17.9. The number of amides is 2. The van der Waals surface area contributed by atoms with Crippen LogP contribution in [0.3, 0.4) is 0 Å². The van der Waals surface area contributed by atoms with E-state index in [-0.39, 0.29) is 18.2 Å². The topological polar surface area (TPSA) is 35.6 Å². The summed E-state index contributed by atoms with van der Waals surface area (Å²) < 4.78 is 0. The van der Waals surface area contributed by atoms with Crippen molar-refractivity contribution in [2.75, 3.05) is 13.6 Å². The summed E-state index contributed by atoms with van der Waals surface area (Å²) in [6.07, 6.45) is 3.35. The zero-order chi connectivity index (χ0) is 20.1. The van der Waals surface area contributed by atoms with Crippen molar-refractivity contribution in [3.05, 3.63) is 69.7 Å². The zero-order valence-electron chi connectivity index (χ0n) is 16.4. The maximum atomic E-state index is 13.3. The van der Waals surface area contributed by atoms with Gasteiger partial charge in [0.25, 0.3) is 0 Å². The largest absolute Gasteiger partial charge is 0.331 e. The van der Waals surface area contributed by atoms with Crippen LogP contribution in [0.1, 0.15) is 43.4 Å². The Morgan fingerprint density at radius 1 is 1.18 bits per heavy atom. The fourth-order valence-corrected chi connectivity index (χ4v) is 4.22. The van der Waals surface area contributed by atoms with Crippen molar-refractivity contribution >= 4 is 29.2 Å². The minimum Gasteiger partial charge on any atom is -0.331 e. The Balaban J connectivity index is 1.80. The number of hydrogen-bond donors (Lipinski definition) is 1. The minimum atomic E-state index is -0.245. The molecule has 1 aliphatic rings. The van der Waals surface area contributed by atoms with E-state index >= 15 is 0 Å². The molecule has 2 aromatic carbocycles. The number of rotatable bonds is 5. The summed E-state index contributed by atoms with van der Waals surface area (Å²) in [6, 6.07) is 15.3. The van der Waals surface area contributed by atoms with Gasteiger partial charge in [-0.15, -0.1) is 0 Å². The number of urea groups is 1. The standard InChI is InChI=1S/C22H27Cl2N3O/c1-16(18-11-8-12-19(23)21(18)24)25-22(28)27(15-17-9-4-3-5-10-17)20-13-6-7-14-26(20)2/h3-5,8-12,16,20H,6-7,13-15H2,1-2H3,(H,25,28). The Bertz CT molecular complexity index is 800. The van der Waals surface area contributed by atoms with Gasteiger partial charge in [-0.05, 0) is 57.0 Å². The van der Waals surface area contributed by atoms with Crippen LogP contribution in [0.2, 0.25) is 10.0 Å². The molecule has 2 amide bonds. The number of nitrogens with one attached hydrogen (secondary N) is 1. The van der Waals surface area contributed by atoms with Crippen molar-refractivity contribution in [3.63, 3.8) is 0 Å². The van der Waals surface area contributed by atoms with E-state index in [0.29, 0.717) is 16.6 Å². The van der Waals surface area contributed by atoms with Gasteiger partial charge in [0, 0.05) is 6.54 Å². The molecule has 2 unspecified atom stereocenters. The van der Waals surface area contributed by atoms with Crippen molar-refractivity contribution in [1.29, 1.82) is 0 Å². The van der Waals surface area contributed by atoms with Crippen molar-refractivity contribution < 1.29 is 4.79 Å². The molecule has 1 saturated heterocycles. The van der Waals surface area contributed by atoms with Crippen LogP contribution in [0.5, 0.6) is 0 Å². The quantitative estimate of drug-likeness (QED) is 0.673. The number of benzene rings is 2. The van der Waals surface area contributed by atoms with Gasteiger partial charge in [0.05, 0.1) is 22.3 Å². The highest BCUT2D eigenvalue weighted by molar-refractivity contribution is 6.42. The number of carbonyl (C=O) groups excluding carboxylic acids is 1. The van der Waals surface area contributed by atoms with Crippen LogP contribution in [-0.4, -0.2) is 35.6 Å². The third-order valence-electron chi connectivity index (χ3n) is 5.34. The van der Waals surface area contributed by atoms with Crippen LogP contribution in [0, 0.1) is 0 Å². The first-order valence-electron chi connectivity index (χ1n) is 9.72. The van der Waals surface area contributed by atoms with E-state index in [1.54, 1.807) is 6.07 Å². The van der Waals surface area contributed by atoms with Crippen LogP contribution in [-0.2, 0) is 6.54 Å². The third-order valence-corrected chi connectivity index (χ3v) is 6.17. The average Bonchev–Trinajstić information content (AvgIpc) is 2.69. The predicted octanol–water partition coefficient (Wildman–Crippen LogP) is 5.71. The maximum absolute atomic E-state index is 13.3. The monoisotopic (exact) mass is 419 g/mol. The number of likely N-dealkylation sites (tertiary alicyclic amines) is 1. The molecule has 1 aliphatic heterocycles. The van der Waals surface area contributed by atoms with Gasteiger partial charge in [0.15, 0.2) is 0 Å². The lowest BCUT2D eigenvalue weighted by Gasteiger charge is -2.41. The Morgan fingerprint density at radius 2 is 1.93 bits per heavy atom. The molecule has 4 nitrogen and oxygen atoms in total. The first kappa shape index (κ1) is 21.0. The molecular formula is C22H27Cl2N3O. The molecule has 28 heavy (non-hydrogen) atoms. The predicted molar refractivity (Wildman–Crippen MR) is 116 cm³/mol. The van der Waals surface area contributed by atoms with E-state index < -0.39 is 0 Å². The Kier molecular flexibility index (Phi) is 7.22. The molecule has 0 aromatic heterocycles. The Morgan fingerprint density at radius 3 is 2.64 bits per heavy atom. The smallest absolute Gasteiger partial charge is 0.319 e. The fourth-order valence-electron chi connectivity index (χ4n) is 3.74. The molecule has 1 heterocycles. The minimum absolute atomic E-state index is 0.0796. The van der Waals surface area contributed by atoms with Gasteiger partial charge >= 0.3 is 6.03 Å². The molecule has 0 bridgehead atoms. The molecular weight excluding hydrogens is 393 g/mol. The fraction of sp³-hybridized carbons (Fsp3) is 0.409. The van der Waals surface area contributed by atoms with Crippen molar-refractivity contribution in [1.82, 2.24) is 15.1 Å². The Labute approximate surface area is 177 Å². The first-order chi connectivity index (χ1) is 13.5. The molecule has 1 N–H and O–H groups in total. The van der Waals surface area contributed by atoms with Gasteiger partial charge in [0.1, 0.15) is 0 Å². The number of nitrogens with zero attached hydrogens (tertiary/aromatic N) is 2. The number of halogens is 2. The first-order valence-corrected chi connectivity index (χ1v) is 10.5. The van der Waals surface area contributed by atoms with Crippen molar-refractivity contribution in [2.45, 2.75) is 44.9 Å². The van der Waals surface area contributed by atoms with Crippen molar-refractivity contribution in [3.8, 4) is 0 Å². The molecule has 1 fully saturated rings. The van der Waals surface area contributed by atoms with E-state index in [9.17, 15) is 4.79 Å². The van der Waals surface area contributed by atoms with Crippen molar-refractivity contribution in [2.24, 2.45) is 0 Å². The lowest BCUT2D eigenvalue weighted by molar-refractivity contribution is 0.0498. The van der Waals surface area contributed by atoms with E-state index in [2.05, 4.69) is 29.4 Å². The van der Waals surface area contributed by atoms with Crippen LogP contribution >= 0.6 is 23.2 Å². The molecule has 6 heteroatoms. The van der Waals surface area contributed by atoms with Gasteiger partial charge in [-0.3, -0.25) is 4.90 Å². The Hall–Kier alpha value is -1.75. The van der Waals surface area contributed by atoms with Gasteiger partial charge in [-0.25, -0.2) is 4.79 Å². The van der Waals surface area contributed by atoms with Crippen LogP contribution < -0.4 is 5.32 Å². The lowest BCUT2D eigenvalue weighted by atomic mass is 10.1. The second-order valence-electron chi connectivity index (χ2n) is 7.38. The normalized spacial score (nSPS) is 18.5. The summed E-state index contributed by atoms with van der Waals surface area (Å²) >= 11 is 12.5. The highest BCUT2D eigenvalue weighted by Crippen LogP contribution is 2.30. The molecule has 0 saturated carbocycles. The summed E-state index contributed by atoms with van der Waals surface area (Å²) in [5.41, 5.74) is 1.93. The van der Waals surface area contributed by atoms with E-state index in [1.165, 1.54) is 6.42 Å². The average molecular weight is 420 g/mol. The SMILES string of the molecule is CC(NC(=O)N(Cc1ccccc1)C1CCCCN1C)c1cccc(Cl)c1Cl. The van der Waals surface area contributed by atoms with E-state index in [0.717, 1.165) is 30.5 Å². The van der Waals surface area contributed by atoms with Crippen LogP contribution in [0.25, 0.3) is 0 Å². The van der Waals surface area contributed by atoms with Gasteiger partial charge in [-0.1, -0.05) is 65.7 Å². The van der Waals surface area contributed by atoms with E-state index in [4.69, 9.17) is 23.2 Å². The molecule has 2 atom stereocenters. The summed E-state index contributed by atoms with van der Waals surface area (Å²) in [5, 5.41) is 4.10. The molecule has 3 rings (SSSR count). The second-order valence-corrected chi connectivity index (χ2v) is 8.17.